The highest BCUT2D eigenvalue weighted by Gasteiger charge is 2.06. The molecule has 0 aliphatic rings. The minimum Gasteiger partial charge on any atom is -0.388 e. The molecule has 110 valence electrons. The van der Waals surface area contributed by atoms with E-state index >= 15 is 0 Å². The van der Waals surface area contributed by atoms with Crippen molar-refractivity contribution in [3.8, 4) is 5.75 Å². The topological polar surface area (TPSA) is 67.4 Å². The molecule has 0 heterocycles. The second kappa shape index (κ2) is 7.56. The maximum Gasteiger partial charge on any atom is 0.306 e. The Bertz CT molecular complexity index is 615. The van der Waals surface area contributed by atoms with Crippen LogP contribution in [0.5, 0.6) is 5.75 Å². The first-order chi connectivity index (χ1) is 10.1. The lowest BCUT2D eigenvalue weighted by Gasteiger charge is -2.08. The molecule has 0 aromatic heterocycles. The Morgan fingerprint density at radius 3 is 2.43 bits per heavy atom. The summed E-state index contributed by atoms with van der Waals surface area (Å²) in [6.07, 6.45) is 0.204. The molecular formula is C15H16N2O3S. The van der Waals surface area contributed by atoms with Gasteiger partial charge in [0.25, 0.3) is 0 Å². The Morgan fingerprint density at radius 2 is 1.76 bits per heavy atom. The summed E-state index contributed by atoms with van der Waals surface area (Å²) in [4.78, 5) is 14.0. The lowest BCUT2D eigenvalue weighted by atomic mass is 10.1. The van der Waals surface area contributed by atoms with Crippen LogP contribution in [0.3, 0.4) is 0 Å². The number of nitrogens with one attached hydrogen (secondary N) is 2. The summed E-state index contributed by atoms with van der Waals surface area (Å²) in [7, 11) is 0. The van der Waals surface area contributed by atoms with Crippen molar-refractivity contribution >= 4 is 17.2 Å². The molecule has 0 spiro atoms. The molecule has 6 heteroatoms. The van der Waals surface area contributed by atoms with Crippen LogP contribution >= 0.6 is 0 Å². The fraction of sp³-hybridized carbons (Fsp3) is 0.133. The molecule has 2 aromatic rings. The Labute approximate surface area is 126 Å². The van der Waals surface area contributed by atoms with E-state index in [4.69, 9.17) is 4.18 Å². The molecule has 2 N–H and O–H groups in total. The summed E-state index contributed by atoms with van der Waals surface area (Å²) in [6.45, 7) is 1.95. The van der Waals surface area contributed by atoms with Crippen LogP contribution in [0.2, 0.25) is 0 Å². The van der Waals surface area contributed by atoms with Gasteiger partial charge in [0.2, 0.25) is 5.91 Å². The van der Waals surface area contributed by atoms with E-state index in [0.717, 1.165) is 11.1 Å². The van der Waals surface area contributed by atoms with E-state index < -0.39 is 11.3 Å². The number of aryl methyl sites for hydroxylation is 1. The lowest BCUT2D eigenvalue weighted by molar-refractivity contribution is -0.120. The fourth-order valence-corrected chi connectivity index (χ4v) is 2.15. The van der Waals surface area contributed by atoms with Gasteiger partial charge in [-0.25, -0.2) is 0 Å². The average Bonchev–Trinajstić information content (AvgIpc) is 2.49. The molecule has 1 amide bonds. The standard InChI is InChI=1S/C15H16N2O3S/c1-12-7-9-14(10-8-12)20-21(19)17-16-15(18)11-13-5-3-2-4-6-13/h2-10,17H,11H2,1H3,(H,16,18). The largest absolute Gasteiger partial charge is 0.388 e. The average molecular weight is 304 g/mol. The first kappa shape index (κ1) is 15.2. The second-order valence-electron chi connectivity index (χ2n) is 4.44. The Kier molecular flexibility index (Phi) is 5.48. The number of hydrogen-bond acceptors (Lipinski definition) is 3. The zero-order valence-corrected chi connectivity index (χ0v) is 12.4. The van der Waals surface area contributed by atoms with Crippen molar-refractivity contribution in [1.29, 1.82) is 0 Å². The summed E-state index contributed by atoms with van der Waals surface area (Å²) in [6, 6.07) is 16.4. The highest BCUT2D eigenvalue weighted by atomic mass is 32.2. The van der Waals surface area contributed by atoms with Gasteiger partial charge in [0.1, 0.15) is 5.75 Å². The molecule has 1 unspecified atom stereocenters. The number of carbonyl (C=O) groups excluding carboxylic acids is 1. The van der Waals surface area contributed by atoms with Gasteiger partial charge in [0.15, 0.2) is 0 Å². The van der Waals surface area contributed by atoms with Crippen LogP contribution in [-0.4, -0.2) is 10.1 Å². The number of benzene rings is 2. The number of rotatable bonds is 6. The molecule has 0 radical (unpaired) electrons. The van der Waals surface area contributed by atoms with E-state index in [1.807, 2.05) is 49.4 Å². The van der Waals surface area contributed by atoms with Crippen molar-refractivity contribution in [3.63, 3.8) is 0 Å². The van der Waals surface area contributed by atoms with Crippen LogP contribution in [0.4, 0.5) is 0 Å². The molecule has 0 bridgehead atoms. The molecule has 0 saturated heterocycles. The maximum atomic E-state index is 11.7. The van der Waals surface area contributed by atoms with Crippen molar-refractivity contribution < 1.29 is 13.2 Å². The van der Waals surface area contributed by atoms with E-state index in [9.17, 15) is 9.00 Å². The van der Waals surface area contributed by atoms with Gasteiger partial charge in [0.05, 0.1) is 6.42 Å². The predicted octanol–water partition coefficient (Wildman–Crippen LogP) is 1.82. The maximum absolute atomic E-state index is 11.7. The normalized spacial score (nSPS) is 11.7. The fourth-order valence-electron chi connectivity index (χ4n) is 1.63. The molecule has 1 atom stereocenters. The minimum atomic E-state index is -1.84. The van der Waals surface area contributed by atoms with E-state index in [2.05, 4.69) is 10.3 Å². The molecule has 0 saturated carbocycles. The Hall–Kier alpha value is -2.18. The van der Waals surface area contributed by atoms with Crippen LogP contribution in [0, 0.1) is 6.92 Å². The predicted molar refractivity (Wildman–Crippen MR) is 81.4 cm³/mol. The first-order valence-electron chi connectivity index (χ1n) is 6.38. The van der Waals surface area contributed by atoms with Gasteiger partial charge in [-0.05, 0) is 24.6 Å². The van der Waals surface area contributed by atoms with Crippen molar-refractivity contribution in [3.05, 3.63) is 65.7 Å². The van der Waals surface area contributed by atoms with Crippen molar-refractivity contribution in [2.45, 2.75) is 13.3 Å². The molecule has 0 aliphatic heterocycles. The summed E-state index contributed by atoms with van der Waals surface area (Å²) < 4.78 is 16.7. The van der Waals surface area contributed by atoms with Crippen molar-refractivity contribution in [1.82, 2.24) is 10.3 Å². The number of hydrogen-bond donors (Lipinski definition) is 2. The van der Waals surface area contributed by atoms with Crippen molar-refractivity contribution in [2.24, 2.45) is 0 Å². The smallest absolute Gasteiger partial charge is 0.306 e. The van der Waals surface area contributed by atoms with Crippen molar-refractivity contribution in [2.75, 3.05) is 0 Å². The molecule has 5 nitrogen and oxygen atoms in total. The van der Waals surface area contributed by atoms with Gasteiger partial charge in [-0.3, -0.25) is 10.2 Å². The van der Waals surface area contributed by atoms with Gasteiger partial charge in [0, 0.05) is 0 Å². The highest BCUT2D eigenvalue weighted by molar-refractivity contribution is 7.78. The number of amides is 1. The minimum absolute atomic E-state index is 0.204. The van der Waals surface area contributed by atoms with Gasteiger partial charge in [-0.2, -0.15) is 4.21 Å². The third-order valence-corrected chi connectivity index (χ3v) is 3.29. The summed E-state index contributed by atoms with van der Waals surface area (Å²) in [5.41, 5.74) is 4.31. The van der Waals surface area contributed by atoms with Crippen LogP contribution in [0.15, 0.2) is 54.6 Å². The number of hydrazine groups is 1. The Balaban J connectivity index is 1.76. The van der Waals surface area contributed by atoms with Crippen LogP contribution in [-0.2, 0) is 22.5 Å². The van der Waals surface area contributed by atoms with E-state index in [-0.39, 0.29) is 12.3 Å². The van der Waals surface area contributed by atoms with E-state index in [0.29, 0.717) is 5.75 Å². The summed E-state index contributed by atoms with van der Waals surface area (Å²) >= 11 is -1.84. The quantitative estimate of drug-likeness (QED) is 0.800. The monoisotopic (exact) mass is 304 g/mol. The summed E-state index contributed by atoms with van der Waals surface area (Å²) in [5.74, 6) is 0.172. The third-order valence-electron chi connectivity index (χ3n) is 2.67. The SMILES string of the molecule is Cc1ccc(OS(=O)NNC(=O)Cc2ccccc2)cc1. The van der Waals surface area contributed by atoms with Crippen LogP contribution < -0.4 is 14.4 Å². The molecule has 2 rings (SSSR count). The van der Waals surface area contributed by atoms with Gasteiger partial charge in [-0.1, -0.05) is 48.0 Å². The molecule has 21 heavy (non-hydrogen) atoms. The highest BCUT2D eigenvalue weighted by Crippen LogP contribution is 2.11. The van der Waals surface area contributed by atoms with Gasteiger partial charge in [-0.15, -0.1) is 4.83 Å². The molecule has 0 fully saturated rings. The second-order valence-corrected chi connectivity index (χ2v) is 5.28. The molecule has 2 aromatic carbocycles. The van der Waals surface area contributed by atoms with Crippen LogP contribution in [0.1, 0.15) is 11.1 Å². The van der Waals surface area contributed by atoms with E-state index in [1.54, 1.807) is 12.1 Å². The molecule has 0 aliphatic carbocycles. The van der Waals surface area contributed by atoms with Gasteiger partial charge >= 0.3 is 11.3 Å². The zero-order valence-electron chi connectivity index (χ0n) is 11.5. The van der Waals surface area contributed by atoms with Gasteiger partial charge < -0.3 is 4.18 Å². The lowest BCUT2D eigenvalue weighted by Crippen LogP contribution is -2.40. The third kappa shape index (κ3) is 5.37. The van der Waals surface area contributed by atoms with Crippen LogP contribution in [0.25, 0.3) is 0 Å². The van der Waals surface area contributed by atoms with E-state index in [1.165, 1.54) is 0 Å². The number of carbonyl (C=O) groups is 1. The summed E-state index contributed by atoms with van der Waals surface area (Å²) in [5, 5.41) is 0. The Morgan fingerprint density at radius 1 is 1.10 bits per heavy atom. The molecular weight excluding hydrogens is 288 g/mol. The first-order valence-corrected chi connectivity index (χ1v) is 7.46. The zero-order chi connectivity index (χ0) is 15.1.